The summed E-state index contributed by atoms with van der Waals surface area (Å²) in [6.45, 7) is 1.31. The summed E-state index contributed by atoms with van der Waals surface area (Å²) in [5.74, 6) is -0.398. The highest BCUT2D eigenvalue weighted by Crippen LogP contribution is 2.09. The van der Waals surface area contributed by atoms with E-state index in [0.29, 0.717) is 31.7 Å². The molecule has 5 nitrogen and oxygen atoms in total. The Morgan fingerprint density at radius 2 is 2.00 bits per heavy atom. The molecule has 3 amide bonds. The molecule has 0 unspecified atom stereocenters. The molecule has 0 atom stereocenters. The minimum absolute atomic E-state index is 0.0490. The summed E-state index contributed by atoms with van der Waals surface area (Å²) in [6, 6.07) is 5.27. The third-order valence-electron chi connectivity index (χ3n) is 2.70. The number of hydrogen-bond acceptors (Lipinski definition) is 2. The van der Waals surface area contributed by atoms with Gasteiger partial charge in [-0.15, -0.1) is 0 Å². The molecule has 96 valence electrons. The van der Waals surface area contributed by atoms with Gasteiger partial charge in [-0.25, -0.2) is 9.18 Å². The Hall–Kier alpha value is -2.11. The first-order valence-electron chi connectivity index (χ1n) is 5.73. The molecule has 6 heteroatoms. The SMILES string of the molecule is O=C1CCN(C(=O)Nc2ccc(F)cc2)CCN1. The van der Waals surface area contributed by atoms with Gasteiger partial charge in [-0.05, 0) is 24.3 Å². The van der Waals surface area contributed by atoms with Gasteiger partial charge in [-0.1, -0.05) is 0 Å². The fourth-order valence-corrected chi connectivity index (χ4v) is 1.71. The zero-order chi connectivity index (χ0) is 13.0. The van der Waals surface area contributed by atoms with Gasteiger partial charge in [-0.3, -0.25) is 4.79 Å². The number of carbonyl (C=O) groups is 2. The second kappa shape index (κ2) is 5.48. The fraction of sp³-hybridized carbons (Fsp3) is 0.333. The smallest absolute Gasteiger partial charge is 0.321 e. The maximum Gasteiger partial charge on any atom is 0.321 e. The van der Waals surface area contributed by atoms with Gasteiger partial charge in [0.15, 0.2) is 0 Å². The van der Waals surface area contributed by atoms with Gasteiger partial charge in [0.1, 0.15) is 5.82 Å². The third-order valence-corrected chi connectivity index (χ3v) is 2.70. The van der Waals surface area contributed by atoms with Crippen molar-refractivity contribution in [2.24, 2.45) is 0 Å². The van der Waals surface area contributed by atoms with E-state index >= 15 is 0 Å². The van der Waals surface area contributed by atoms with Crippen molar-refractivity contribution in [3.63, 3.8) is 0 Å². The fourth-order valence-electron chi connectivity index (χ4n) is 1.71. The van der Waals surface area contributed by atoms with Crippen molar-refractivity contribution in [3.8, 4) is 0 Å². The molecular formula is C12H14FN3O2. The standard InChI is InChI=1S/C12H14FN3O2/c13-9-1-3-10(4-2-9)15-12(18)16-7-5-11(17)14-6-8-16/h1-4H,5-8H2,(H,14,17)(H,15,18). The molecule has 2 rings (SSSR count). The molecular weight excluding hydrogens is 237 g/mol. The molecule has 0 radical (unpaired) electrons. The molecule has 1 aliphatic rings. The minimum atomic E-state index is -0.349. The van der Waals surface area contributed by atoms with Crippen LogP contribution in [0, 0.1) is 5.82 Å². The Morgan fingerprint density at radius 1 is 1.28 bits per heavy atom. The maximum absolute atomic E-state index is 12.7. The molecule has 0 bridgehead atoms. The van der Waals surface area contributed by atoms with Gasteiger partial charge < -0.3 is 15.5 Å². The van der Waals surface area contributed by atoms with E-state index in [2.05, 4.69) is 10.6 Å². The van der Waals surface area contributed by atoms with Gasteiger partial charge in [0.25, 0.3) is 0 Å². The summed E-state index contributed by atoms with van der Waals surface area (Å²) in [7, 11) is 0. The largest absolute Gasteiger partial charge is 0.354 e. The van der Waals surface area contributed by atoms with Crippen LogP contribution >= 0.6 is 0 Å². The van der Waals surface area contributed by atoms with Crippen LogP contribution in [-0.4, -0.2) is 36.5 Å². The van der Waals surface area contributed by atoms with Crippen molar-refractivity contribution in [1.29, 1.82) is 0 Å². The lowest BCUT2D eigenvalue weighted by atomic mass is 10.3. The molecule has 1 aromatic rings. The van der Waals surface area contributed by atoms with Crippen LogP contribution < -0.4 is 10.6 Å². The minimum Gasteiger partial charge on any atom is -0.354 e. The third kappa shape index (κ3) is 3.19. The van der Waals surface area contributed by atoms with E-state index in [4.69, 9.17) is 0 Å². The highest BCUT2D eigenvalue weighted by Gasteiger charge is 2.18. The summed E-state index contributed by atoms with van der Waals surface area (Å²) < 4.78 is 12.7. The molecule has 0 spiro atoms. The van der Waals surface area contributed by atoms with E-state index in [9.17, 15) is 14.0 Å². The molecule has 18 heavy (non-hydrogen) atoms. The second-order valence-electron chi connectivity index (χ2n) is 4.02. The Kier molecular flexibility index (Phi) is 3.76. The molecule has 0 aliphatic carbocycles. The van der Waals surface area contributed by atoms with Crippen LogP contribution in [0.5, 0.6) is 0 Å². The normalized spacial score (nSPS) is 15.8. The number of amides is 3. The highest BCUT2D eigenvalue weighted by molar-refractivity contribution is 5.90. The number of halogens is 1. The van der Waals surface area contributed by atoms with E-state index in [1.165, 1.54) is 24.3 Å². The summed E-state index contributed by atoms with van der Waals surface area (Å²) in [4.78, 5) is 24.6. The van der Waals surface area contributed by atoms with Gasteiger partial charge >= 0.3 is 6.03 Å². The van der Waals surface area contributed by atoms with E-state index in [-0.39, 0.29) is 17.8 Å². The van der Waals surface area contributed by atoms with Crippen LogP contribution in [0.2, 0.25) is 0 Å². The molecule has 0 aromatic heterocycles. The average molecular weight is 251 g/mol. The van der Waals surface area contributed by atoms with Crippen molar-refractivity contribution < 1.29 is 14.0 Å². The van der Waals surface area contributed by atoms with Crippen LogP contribution in [0.3, 0.4) is 0 Å². The average Bonchev–Trinajstić information content (AvgIpc) is 2.57. The summed E-state index contributed by atoms with van der Waals surface area (Å²) in [5.41, 5.74) is 0.532. The number of nitrogens with one attached hydrogen (secondary N) is 2. The number of hydrogen-bond donors (Lipinski definition) is 2. The van der Waals surface area contributed by atoms with E-state index in [0.717, 1.165) is 0 Å². The lowest BCUT2D eigenvalue weighted by Gasteiger charge is -2.20. The van der Waals surface area contributed by atoms with Crippen molar-refractivity contribution >= 4 is 17.6 Å². The summed E-state index contributed by atoms with van der Waals surface area (Å²) in [5, 5.41) is 5.35. The number of anilines is 1. The number of urea groups is 1. The highest BCUT2D eigenvalue weighted by atomic mass is 19.1. The predicted octanol–water partition coefficient (Wildman–Crippen LogP) is 1.18. The van der Waals surface area contributed by atoms with E-state index in [1.54, 1.807) is 4.90 Å². The summed E-state index contributed by atoms with van der Waals surface area (Å²) in [6.07, 6.45) is 0.302. The lowest BCUT2D eigenvalue weighted by molar-refractivity contribution is -0.120. The monoisotopic (exact) mass is 251 g/mol. The first kappa shape index (κ1) is 12.3. The molecule has 2 N–H and O–H groups in total. The number of benzene rings is 1. The lowest BCUT2D eigenvalue weighted by Crippen LogP contribution is -2.37. The predicted molar refractivity (Wildman–Crippen MR) is 64.6 cm³/mol. The van der Waals surface area contributed by atoms with E-state index in [1.807, 2.05) is 0 Å². The molecule has 1 heterocycles. The first-order chi connectivity index (χ1) is 8.65. The zero-order valence-corrected chi connectivity index (χ0v) is 9.78. The van der Waals surface area contributed by atoms with Gasteiger partial charge in [-0.2, -0.15) is 0 Å². The van der Waals surface area contributed by atoms with Gasteiger partial charge in [0.2, 0.25) is 5.91 Å². The van der Waals surface area contributed by atoms with Crippen LogP contribution in [0.4, 0.5) is 14.9 Å². The maximum atomic E-state index is 12.7. The Morgan fingerprint density at radius 3 is 2.72 bits per heavy atom. The Bertz CT molecular complexity index is 447. The van der Waals surface area contributed by atoms with Gasteiger partial charge in [0.05, 0.1) is 0 Å². The number of nitrogens with zero attached hydrogens (tertiary/aromatic N) is 1. The van der Waals surface area contributed by atoms with Crippen LogP contribution in [-0.2, 0) is 4.79 Å². The molecule has 1 fully saturated rings. The Balaban J connectivity index is 1.94. The van der Waals surface area contributed by atoms with Gasteiger partial charge in [0, 0.05) is 31.7 Å². The van der Waals surface area contributed by atoms with Crippen molar-refractivity contribution in [2.75, 3.05) is 25.0 Å². The zero-order valence-electron chi connectivity index (χ0n) is 9.78. The van der Waals surface area contributed by atoms with E-state index < -0.39 is 0 Å². The Labute approximate surface area is 104 Å². The molecule has 0 saturated carbocycles. The quantitative estimate of drug-likeness (QED) is 0.787. The summed E-state index contributed by atoms with van der Waals surface area (Å²) >= 11 is 0. The molecule has 1 aromatic carbocycles. The van der Waals surface area contributed by atoms with Crippen molar-refractivity contribution in [3.05, 3.63) is 30.1 Å². The topological polar surface area (TPSA) is 61.4 Å². The number of rotatable bonds is 1. The second-order valence-corrected chi connectivity index (χ2v) is 4.02. The van der Waals surface area contributed by atoms with Crippen LogP contribution in [0.25, 0.3) is 0 Å². The van der Waals surface area contributed by atoms with Crippen molar-refractivity contribution in [2.45, 2.75) is 6.42 Å². The number of carbonyl (C=O) groups excluding carboxylic acids is 2. The van der Waals surface area contributed by atoms with Crippen LogP contribution in [0.15, 0.2) is 24.3 Å². The first-order valence-corrected chi connectivity index (χ1v) is 5.73. The van der Waals surface area contributed by atoms with Crippen molar-refractivity contribution in [1.82, 2.24) is 10.2 Å². The molecule has 1 saturated heterocycles. The molecule has 1 aliphatic heterocycles. The van der Waals surface area contributed by atoms with Crippen LogP contribution in [0.1, 0.15) is 6.42 Å².